The van der Waals surface area contributed by atoms with E-state index in [9.17, 15) is 13.2 Å². The summed E-state index contributed by atoms with van der Waals surface area (Å²) in [6.07, 6.45) is 0.456. The summed E-state index contributed by atoms with van der Waals surface area (Å²) in [6, 6.07) is 14.5. The number of amidine groups is 1. The maximum atomic E-state index is 12.7. The Hall–Kier alpha value is -3.07. The summed E-state index contributed by atoms with van der Waals surface area (Å²) in [6.45, 7) is 2.65. The molecule has 1 amide bonds. The van der Waals surface area contributed by atoms with E-state index in [4.69, 9.17) is 4.74 Å². The van der Waals surface area contributed by atoms with E-state index in [0.29, 0.717) is 37.7 Å². The minimum atomic E-state index is -3.73. The van der Waals surface area contributed by atoms with Gasteiger partial charge >= 0.3 is 0 Å². The van der Waals surface area contributed by atoms with Gasteiger partial charge in [-0.1, -0.05) is 24.3 Å². The molecule has 0 radical (unpaired) electrons. The van der Waals surface area contributed by atoms with Crippen LogP contribution in [0.1, 0.15) is 12.8 Å². The molecule has 0 aromatic heterocycles. The van der Waals surface area contributed by atoms with E-state index in [1.54, 1.807) is 25.3 Å². The lowest BCUT2D eigenvalue weighted by molar-refractivity contribution is -0.131. The number of hydrogen-bond donors (Lipinski definition) is 1. The van der Waals surface area contributed by atoms with Crippen molar-refractivity contribution in [3.63, 3.8) is 0 Å². The molecule has 2 aromatic carbocycles. The molecule has 8 nitrogen and oxygen atoms in total. The number of carbonyl (C=O) groups is 1. The fourth-order valence-electron chi connectivity index (χ4n) is 3.75. The van der Waals surface area contributed by atoms with Crippen LogP contribution in [0, 0.1) is 0 Å². The largest absolute Gasteiger partial charge is 0.495 e. The van der Waals surface area contributed by atoms with Crippen LogP contribution in [0.5, 0.6) is 5.75 Å². The number of methoxy groups -OCH3 is 1. The van der Waals surface area contributed by atoms with Crippen LogP contribution >= 0.6 is 0 Å². The highest BCUT2D eigenvalue weighted by Crippen LogP contribution is 2.29. The van der Waals surface area contributed by atoms with Gasteiger partial charge in [0.15, 0.2) is 0 Å². The summed E-state index contributed by atoms with van der Waals surface area (Å²) in [5.74, 6) is 1.12. The van der Waals surface area contributed by atoms with Gasteiger partial charge in [0.05, 0.1) is 18.5 Å². The van der Waals surface area contributed by atoms with Crippen LogP contribution < -0.4 is 15.0 Å². The highest BCUT2D eigenvalue weighted by atomic mass is 32.2. The summed E-state index contributed by atoms with van der Waals surface area (Å²) >= 11 is 0. The molecule has 2 heterocycles. The third kappa shape index (κ3) is 4.11. The first kappa shape index (κ1) is 20.2. The minimum Gasteiger partial charge on any atom is -0.495 e. The summed E-state index contributed by atoms with van der Waals surface area (Å²) in [7, 11) is -2.07. The molecule has 4 rings (SSSR count). The number of anilines is 2. The van der Waals surface area contributed by atoms with Crippen molar-refractivity contribution in [3.05, 3.63) is 48.5 Å². The molecule has 2 aliphatic heterocycles. The van der Waals surface area contributed by atoms with Crippen molar-refractivity contribution in [1.29, 1.82) is 0 Å². The molecule has 158 valence electrons. The van der Waals surface area contributed by atoms with Crippen molar-refractivity contribution >= 4 is 33.1 Å². The molecule has 0 aliphatic carbocycles. The predicted molar refractivity (Wildman–Crippen MR) is 116 cm³/mol. The third-order valence-electron chi connectivity index (χ3n) is 5.31. The van der Waals surface area contributed by atoms with Gasteiger partial charge in [0.25, 0.3) is 10.0 Å². The first-order valence-electron chi connectivity index (χ1n) is 9.83. The first-order chi connectivity index (χ1) is 14.5. The Morgan fingerprint density at radius 3 is 2.53 bits per heavy atom. The summed E-state index contributed by atoms with van der Waals surface area (Å²) in [5.41, 5.74) is 1.53. The highest BCUT2D eigenvalue weighted by molar-refractivity contribution is 7.90. The van der Waals surface area contributed by atoms with Gasteiger partial charge in [0.1, 0.15) is 16.5 Å². The molecule has 0 unspecified atom stereocenters. The van der Waals surface area contributed by atoms with Crippen LogP contribution in [0.4, 0.5) is 11.4 Å². The number of sulfonamides is 1. The molecule has 0 bridgehead atoms. The molecular formula is C21H24N4O4S. The number of nitrogens with zero attached hydrogens (tertiary/aromatic N) is 3. The maximum absolute atomic E-state index is 12.7. The van der Waals surface area contributed by atoms with Gasteiger partial charge in [-0.15, -0.1) is 4.40 Å². The van der Waals surface area contributed by atoms with Gasteiger partial charge in [-0.25, -0.2) is 0 Å². The van der Waals surface area contributed by atoms with Crippen LogP contribution in [0.25, 0.3) is 0 Å². The number of fused-ring (bicyclic) bond motifs is 1. The molecular weight excluding hydrogens is 404 g/mol. The molecule has 0 atom stereocenters. The van der Waals surface area contributed by atoms with Crippen molar-refractivity contribution in [2.45, 2.75) is 17.7 Å². The number of carbonyl (C=O) groups excluding carboxylic acids is 1. The zero-order valence-electron chi connectivity index (χ0n) is 16.7. The summed E-state index contributed by atoms with van der Waals surface area (Å²) in [4.78, 5) is 16.8. The Morgan fingerprint density at radius 1 is 1.07 bits per heavy atom. The zero-order valence-corrected chi connectivity index (χ0v) is 17.6. The standard InChI is InChI=1S/C21H24N4O4S/c1-29-18-8-4-3-7-17(18)24-12-14-25(15-13-24)21(26)11-10-20-22-16-6-2-5-9-19(16)30(27,28)23-20/h2-9H,10-15H2,1H3,(H,22,23). The normalized spacial score (nSPS) is 17.6. The van der Waals surface area contributed by atoms with E-state index in [1.807, 2.05) is 29.2 Å². The molecule has 2 aliphatic rings. The van der Waals surface area contributed by atoms with E-state index < -0.39 is 10.0 Å². The molecule has 30 heavy (non-hydrogen) atoms. The minimum absolute atomic E-state index is 0.00423. The molecule has 1 fully saturated rings. The molecule has 9 heteroatoms. The van der Waals surface area contributed by atoms with Crippen LogP contribution in [0.3, 0.4) is 0 Å². The van der Waals surface area contributed by atoms with Crippen LogP contribution in [-0.4, -0.2) is 58.3 Å². The molecule has 0 spiro atoms. The van der Waals surface area contributed by atoms with Crippen LogP contribution in [-0.2, 0) is 14.8 Å². The Labute approximate surface area is 176 Å². The zero-order chi connectivity index (χ0) is 21.1. The number of nitrogens with one attached hydrogen (secondary N) is 1. The van der Waals surface area contributed by atoms with Crippen LogP contribution in [0.15, 0.2) is 57.8 Å². The van der Waals surface area contributed by atoms with Gasteiger partial charge in [0, 0.05) is 39.0 Å². The summed E-state index contributed by atoms with van der Waals surface area (Å²) in [5, 5.41) is 3.03. The summed E-state index contributed by atoms with van der Waals surface area (Å²) < 4.78 is 33.9. The van der Waals surface area contributed by atoms with E-state index in [-0.39, 0.29) is 23.6 Å². The number of amides is 1. The average molecular weight is 429 g/mol. The van der Waals surface area contributed by atoms with Crippen molar-refractivity contribution in [2.75, 3.05) is 43.5 Å². The number of piperazine rings is 1. The number of benzene rings is 2. The van der Waals surface area contributed by atoms with E-state index in [2.05, 4.69) is 14.6 Å². The smallest absolute Gasteiger partial charge is 0.286 e. The Balaban J connectivity index is 1.33. The van der Waals surface area contributed by atoms with Crippen LogP contribution in [0.2, 0.25) is 0 Å². The van der Waals surface area contributed by atoms with Gasteiger partial charge in [-0.2, -0.15) is 8.42 Å². The number of rotatable bonds is 5. The van der Waals surface area contributed by atoms with Gasteiger partial charge in [-0.05, 0) is 24.3 Å². The number of hydrogen-bond acceptors (Lipinski definition) is 6. The van der Waals surface area contributed by atoms with E-state index >= 15 is 0 Å². The fraction of sp³-hybridized carbons (Fsp3) is 0.333. The van der Waals surface area contributed by atoms with E-state index in [1.165, 1.54) is 6.07 Å². The Bertz CT molecular complexity index is 1080. The fourth-order valence-corrected chi connectivity index (χ4v) is 4.92. The average Bonchev–Trinajstić information content (AvgIpc) is 2.77. The van der Waals surface area contributed by atoms with Crippen molar-refractivity contribution in [2.24, 2.45) is 4.40 Å². The molecule has 1 saturated heterocycles. The lowest BCUT2D eigenvalue weighted by Gasteiger charge is -2.36. The topological polar surface area (TPSA) is 91.3 Å². The second-order valence-corrected chi connectivity index (χ2v) is 8.75. The number of ether oxygens (including phenoxy) is 1. The highest BCUT2D eigenvalue weighted by Gasteiger charge is 2.26. The maximum Gasteiger partial charge on any atom is 0.286 e. The lowest BCUT2D eigenvalue weighted by atomic mass is 10.2. The quantitative estimate of drug-likeness (QED) is 0.786. The van der Waals surface area contributed by atoms with E-state index in [0.717, 1.165) is 11.4 Å². The SMILES string of the molecule is COc1ccccc1N1CCN(C(=O)CCC2=NS(=O)(=O)c3ccccc3N2)CC1. The molecule has 1 N–H and O–H groups in total. The number of para-hydroxylation sites is 3. The lowest BCUT2D eigenvalue weighted by Crippen LogP contribution is -2.49. The van der Waals surface area contributed by atoms with Gasteiger partial charge in [-0.3, -0.25) is 4.79 Å². The van der Waals surface area contributed by atoms with Gasteiger partial charge in [0.2, 0.25) is 5.91 Å². The van der Waals surface area contributed by atoms with Crippen molar-refractivity contribution in [3.8, 4) is 5.75 Å². The van der Waals surface area contributed by atoms with Crippen molar-refractivity contribution < 1.29 is 17.9 Å². The van der Waals surface area contributed by atoms with Crippen molar-refractivity contribution in [1.82, 2.24) is 4.90 Å². The Kier molecular flexibility index (Phi) is 5.63. The van der Waals surface area contributed by atoms with Gasteiger partial charge < -0.3 is 19.9 Å². The monoisotopic (exact) mass is 428 g/mol. The Morgan fingerprint density at radius 2 is 1.77 bits per heavy atom. The second kappa shape index (κ2) is 8.35. The molecule has 2 aromatic rings. The first-order valence-corrected chi connectivity index (χ1v) is 11.3. The predicted octanol–water partition coefficient (Wildman–Crippen LogP) is 2.34. The molecule has 0 saturated carbocycles. The second-order valence-electron chi connectivity index (χ2n) is 7.17. The third-order valence-corrected chi connectivity index (χ3v) is 6.68.